The van der Waals surface area contributed by atoms with Gasteiger partial charge in [-0.2, -0.15) is 5.10 Å². The monoisotopic (exact) mass is 233 g/mol. The van der Waals surface area contributed by atoms with Crippen molar-refractivity contribution in [2.45, 2.75) is 13.3 Å². The summed E-state index contributed by atoms with van der Waals surface area (Å²) < 4.78 is 1.58. The number of nitrogens with zero attached hydrogens (tertiary/aromatic N) is 3. The maximum absolute atomic E-state index is 11.8. The standard InChI is InChI=1S/C11H15N5O/c1-8-7-9(16(2)15-8)11(17)14-4-3-10-12-5-6-13-10/h5-7H,3-4H2,1-2H3,(H,12,13)(H,14,17). The number of H-pyrrole nitrogens is 1. The van der Waals surface area contributed by atoms with Gasteiger partial charge in [-0.15, -0.1) is 0 Å². The number of hydrogen-bond donors (Lipinski definition) is 2. The van der Waals surface area contributed by atoms with Crippen LogP contribution in [0.4, 0.5) is 0 Å². The highest BCUT2D eigenvalue weighted by Crippen LogP contribution is 2.01. The summed E-state index contributed by atoms with van der Waals surface area (Å²) in [5, 5.41) is 6.96. The first-order valence-corrected chi connectivity index (χ1v) is 5.44. The van der Waals surface area contributed by atoms with E-state index in [4.69, 9.17) is 0 Å². The number of imidazole rings is 1. The van der Waals surface area contributed by atoms with E-state index in [1.165, 1.54) is 0 Å². The molecule has 0 spiro atoms. The van der Waals surface area contributed by atoms with Crippen molar-refractivity contribution >= 4 is 5.91 Å². The zero-order valence-electron chi connectivity index (χ0n) is 9.90. The zero-order valence-corrected chi connectivity index (χ0v) is 9.90. The molecule has 0 bridgehead atoms. The number of aromatic nitrogens is 4. The highest BCUT2D eigenvalue weighted by molar-refractivity contribution is 5.92. The molecule has 0 atom stereocenters. The second kappa shape index (κ2) is 4.82. The van der Waals surface area contributed by atoms with Gasteiger partial charge >= 0.3 is 0 Å². The Kier molecular flexibility index (Phi) is 3.22. The van der Waals surface area contributed by atoms with Gasteiger partial charge in [-0.3, -0.25) is 9.48 Å². The predicted octanol–water partition coefficient (Wildman–Crippen LogP) is 0.424. The van der Waals surface area contributed by atoms with Crippen molar-refractivity contribution in [3.8, 4) is 0 Å². The summed E-state index contributed by atoms with van der Waals surface area (Å²) in [6.07, 6.45) is 4.15. The lowest BCUT2D eigenvalue weighted by Crippen LogP contribution is -2.27. The molecule has 6 nitrogen and oxygen atoms in total. The fourth-order valence-electron chi connectivity index (χ4n) is 1.64. The minimum Gasteiger partial charge on any atom is -0.350 e. The Hall–Kier alpha value is -2.11. The van der Waals surface area contributed by atoms with Crippen molar-refractivity contribution in [3.05, 3.63) is 35.7 Å². The average Bonchev–Trinajstić information content (AvgIpc) is 2.88. The van der Waals surface area contributed by atoms with E-state index in [9.17, 15) is 4.79 Å². The molecule has 2 aromatic rings. The van der Waals surface area contributed by atoms with Crippen LogP contribution in [0.3, 0.4) is 0 Å². The maximum atomic E-state index is 11.8. The van der Waals surface area contributed by atoms with Crippen LogP contribution in [0.1, 0.15) is 22.0 Å². The van der Waals surface area contributed by atoms with E-state index in [1.54, 1.807) is 30.2 Å². The van der Waals surface area contributed by atoms with Gasteiger partial charge in [0.05, 0.1) is 5.69 Å². The van der Waals surface area contributed by atoms with Gasteiger partial charge in [-0.05, 0) is 13.0 Å². The second-order valence-corrected chi connectivity index (χ2v) is 3.84. The van der Waals surface area contributed by atoms with Crippen LogP contribution in [0.15, 0.2) is 18.5 Å². The average molecular weight is 233 g/mol. The van der Waals surface area contributed by atoms with Gasteiger partial charge in [0.15, 0.2) is 0 Å². The summed E-state index contributed by atoms with van der Waals surface area (Å²) in [7, 11) is 1.76. The van der Waals surface area contributed by atoms with Gasteiger partial charge in [0.2, 0.25) is 0 Å². The Bertz CT molecular complexity index is 500. The molecule has 0 aromatic carbocycles. The molecule has 0 fully saturated rings. The molecule has 0 unspecified atom stereocenters. The molecule has 0 aliphatic carbocycles. The third-order valence-corrected chi connectivity index (χ3v) is 2.44. The van der Waals surface area contributed by atoms with Gasteiger partial charge in [0.25, 0.3) is 5.91 Å². The summed E-state index contributed by atoms with van der Waals surface area (Å²) in [5.41, 5.74) is 1.41. The topological polar surface area (TPSA) is 75.6 Å². The quantitative estimate of drug-likeness (QED) is 0.803. The Labute approximate surface area is 99.1 Å². The van der Waals surface area contributed by atoms with Crippen LogP contribution in [-0.4, -0.2) is 32.2 Å². The van der Waals surface area contributed by atoms with Crippen molar-refractivity contribution in [2.75, 3.05) is 6.54 Å². The number of rotatable bonds is 4. The lowest BCUT2D eigenvalue weighted by molar-refractivity contribution is 0.0944. The molecule has 1 amide bonds. The second-order valence-electron chi connectivity index (χ2n) is 3.84. The lowest BCUT2D eigenvalue weighted by atomic mass is 10.3. The van der Waals surface area contributed by atoms with E-state index < -0.39 is 0 Å². The first kappa shape index (κ1) is 11.4. The minimum absolute atomic E-state index is 0.111. The molecule has 0 aliphatic heterocycles. The molecular weight excluding hydrogens is 218 g/mol. The summed E-state index contributed by atoms with van der Waals surface area (Å²) >= 11 is 0. The van der Waals surface area contributed by atoms with Crippen molar-refractivity contribution in [2.24, 2.45) is 7.05 Å². The number of nitrogens with one attached hydrogen (secondary N) is 2. The van der Waals surface area contributed by atoms with Crippen molar-refractivity contribution in [1.82, 2.24) is 25.1 Å². The van der Waals surface area contributed by atoms with Gasteiger partial charge in [-0.25, -0.2) is 4.98 Å². The number of aromatic amines is 1. The third-order valence-electron chi connectivity index (χ3n) is 2.44. The van der Waals surface area contributed by atoms with Crippen LogP contribution in [0, 0.1) is 6.92 Å². The van der Waals surface area contributed by atoms with E-state index in [2.05, 4.69) is 20.4 Å². The highest BCUT2D eigenvalue weighted by atomic mass is 16.2. The van der Waals surface area contributed by atoms with E-state index in [1.807, 2.05) is 6.92 Å². The third kappa shape index (κ3) is 2.72. The molecule has 0 aliphatic rings. The Morgan fingerprint density at radius 1 is 1.59 bits per heavy atom. The van der Waals surface area contributed by atoms with Crippen LogP contribution < -0.4 is 5.32 Å². The predicted molar refractivity (Wildman–Crippen MR) is 62.6 cm³/mol. The Balaban J connectivity index is 1.87. The molecular formula is C11H15N5O. The number of carbonyl (C=O) groups excluding carboxylic acids is 1. The summed E-state index contributed by atoms with van der Waals surface area (Å²) in [6, 6.07) is 1.77. The van der Waals surface area contributed by atoms with Crippen molar-refractivity contribution in [1.29, 1.82) is 0 Å². The molecule has 2 rings (SSSR count). The van der Waals surface area contributed by atoms with Crippen LogP contribution in [0.25, 0.3) is 0 Å². The van der Waals surface area contributed by atoms with Gasteiger partial charge in [-0.1, -0.05) is 0 Å². The van der Waals surface area contributed by atoms with E-state index in [0.29, 0.717) is 18.7 Å². The zero-order chi connectivity index (χ0) is 12.3. The number of hydrogen-bond acceptors (Lipinski definition) is 3. The van der Waals surface area contributed by atoms with E-state index in [0.717, 1.165) is 11.5 Å². The number of aryl methyl sites for hydroxylation is 2. The first-order valence-electron chi connectivity index (χ1n) is 5.44. The largest absolute Gasteiger partial charge is 0.350 e. The molecule has 90 valence electrons. The molecule has 2 N–H and O–H groups in total. The fraction of sp³-hybridized carbons (Fsp3) is 0.364. The van der Waals surface area contributed by atoms with Crippen LogP contribution in [-0.2, 0) is 13.5 Å². The number of amides is 1. The summed E-state index contributed by atoms with van der Waals surface area (Å²) in [4.78, 5) is 18.9. The molecule has 6 heteroatoms. The lowest BCUT2D eigenvalue weighted by Gasteiger charge is -2.03. The van der Waals surface area contributed by atoms with E-state index >= 15 is 0 Å². The smallest absolute Gasteiger partial charge is 0.269 e. The maximum Gasteiger partial charge on any atom is 0.269 e. The Morgan fingerprint density at radius 3 is 3.00 bits per heavy atom. The van der Waals surface area contributed by atoms with Gasteiger partial charge < -0.3 is 10.3 Å². The van der Waals surface area contributed by atoms with Crippen LogP contribution in [0.5, 0.6) is 0 Å². The van der Waals surface area contributed by atoms with Crippen LogP contribution >= 0.6 is 0 Å². The first-order chi connectivity index (χ1) is 8.16. The Morgan fingerprint density at radius 2 is 2.41 bits per heavy atom. The summed E-state index contributed by atoms with van der Waals surface area (Å²) in [6.45, 7) is 2.41. The van der Waals surface area contributed by atoms with E-state index in [-0.39, 0.29) is 5.91 Å². The summed E-state index contributed by atoms with van der Waals surface area (Å²) in [5.74, 6) is 0.756. The number of carbonyl (C=O) groups is 1. The van der Waals surface area contributed by atoms with Crippen LogP contribution in [0.2, 0.25) is 0 Å². The molecule has 0 radical (unpaired) electrons. The molecule has 17 heavy (non-hydrogen) atoms. The normalized spacial score (nSPS) is 10.5. The molecule has 2 aromatic heterocycles. The fourth-order valence-corrected chi connectivity index (χ4v) is 1.64. The minimum atomic E-state index is -0.111. The molecule has 0 saturated carbocycles. The van der Waals surface area contributed by atoms with Crippen molar-refractivity contribution < 1.29 is 4.79 Å². The molecule has 2 heterocycles. The van der Waals surface area contributed by atoms with Gasteiger partial charge in [0.1, 0.15) is 11.5 Å². The molecule has 0 saturated heterocycles. The van der Waals surface area contributed by atoms with Gasteiger partial charge in [0, 0.05) is 32.4 Å². The highest BCUT2D eigenvalue weighted by Gasteiger charge is 2.10. The SMILES string of the molecule is Cc1cc(C(=O)NCCc2ncc[nH]2)n(C)n1. The van der Waals surface area contributed by atoms with Crippen molar-refractivity contribution in [3.63, 3.8) is 0 Å².